The van der Waals surface area contributed by atoms with Crippen LogP contribution in [0.1, 0.15) is 44.6 Å². The van der Waals surface area contributed by atoms with Gasteiger partial charge in [-0.05, 0) is 31.4 Å². The second-order valence-electron chi connectivity index (χ2n) is 7.30. The first-order valence-electron chi connectivity index (χ1n) is 8.87. The van der Waals surface area contributed by atoms with E-state index in [-0.39, 0.29) is 11.3 Å². The Morgan fingerprint density at radius 3 is 2.40 bits per heavy atom. The van der Waals surface area contributed by atoms with Gasteiger partial charge in [0.2, 0.25) is 5.91 Å². The predicted octanol–water partition coefficient (Wildman–Crippen LogP) is 3.72. The van der Waals surface area contributed by atoms with Crippen molar-refractivity contribution in [1.82, 2.24) is 9.88 Å². The number of amides is 1. The Morgan fingerprint density at radius 1 is 1.08 bits per heavy atom. The van der Waals surface area contributed by atoms with Crippen molar-refractivity contribution in [3.8, 4) is 0 Å². The van der Waals surface area contributed by atoms with Crippen molar-refractivity contribution < 1.29 is 18.0 Å². The first-order valence-corrected chi connectivity index (χ1v) is 8.87. The summed E-state index contributed by atoms with van der Waals surface area (Å²) < 4.78 is 38.0. The van der Waals surface area contributed by atoms with Gasteiger partial charge in [-0.15, -0.1) is 0 Å². The van der Waals surface area contributed by atoms with E-state index >= 15 is 0 Å². The molecule has 1 aromatic rings. The summed E-state index contributed by atoms with van der Waals surface area (Å²) in [6, 6.07) is 2.48. The quantitative estimate of drug-likeness (QED) is 0.811. The van der Waals surface area contributed by atoms with E-state index in [1.165, 1.54) is 6.07 Å². The van der Waals surface area contributed by atoms with Crippen molar-refractivity contribution in [3.63, 3.8) is 0 Å². The van der Waals surface area contributed by atoms with Crippen molar-refractivity contribution in [2.75, 3.05) is 31.1 Å². The van der Waals surface area contributed by atoms with E-state index in [0.717, 1.165) is 44.4 Å². The Bertz CT molecular complexity index is 609. The summed E-state index contributed by atoms with van der Waals surface area (Å²) in [4.78, 5) is 20.7. The number of anilines is 1. The molecule has 0 aromatic carbocycles. The molecule has 0 radical (unpaired) electrons. The molecule has 1 aromatic heterocycles. The standard InChI is InChI=1S/C18H24F3N3O/c1-17(7-2-3-8-17)16(25)24-10-4-9-23(11-12-24)15-6-5-14(13-22-15)18(19,20)21/h5-6,13H,2-4,7-12H2,1H3. The van der Waals surface area contributed by atoms with Gasteiger partial charge in [0.25, 0.3) is 0 Å². The first-order chi connectivity index (χ1) is 11.8. The Kier molecular flexibility index (Phi) is 4.93. The lowest BCUT2D eigenvalue weighted by atomic mass is 9.87. The summed E-state index contributed by atoms with van der Waals surface area (Å²) in [6.45, 7) is 4.64. The molecule has 1 saturated carbocycles. The molecule has 25 heavy (non-hydrogen) atoms. The van der Waals surface area contributed by atoms with Gasteiger partial charge in [0.05, 0.1) is 5.56 Å². The fourth-order valence-electron chi connectivity index (χ4n) is 3.84. The third-order valence-corrected chi connectivity index (χ3v) is 5.41. The van der Waals surface area contributed by atoms with Crippen LogP contribution in [0.25, 0.3) is 0 Å². The molecule has 2 fully saturated rings. The Labute approximate surface area is 146 Å². The molecule has 1 amide bonds. The average Bonchev–Trinajstić information content (AvgIpc) is 2.88. The van der Waals surface area contributed by atoms with Crippen LogP contribution in [0.2, 0.25) is 0 Å². The van der Waals surface area contributed by atoms with Gasteiger partial charge in [0.1, 0.15) is 5.82 Å². The summed E-state index contributed by atoms with van der Waals surface area (Å²) in [5.74, 6) is 0.765. The number of aromatic nitrogens is 1. The van der Waals surface area contributed by atoms with Crippen molar-refractivity contribution >= 4 is 11.7 Å². The summed E-state index contributed by atoms with van der Waals surface area (Å²) in [5.41, 5.74) is -0.973. The smallest absolute Gasteiger partial charge is 0.355 e. The Hall–Kier alpha value is -1.79. The largest absolute Gasteiger partial charge is 0.417 e. The van der Waals surface area contributed by atoms with Crippen LogP contribution < -0.4 is 4.90 Å². The maximum Gasteiger partial charge on any atom is 0.417 e. The molecule has 0 N–H and O–H groups in total. The normalized spacial score (nSPS) is 21.3. The molecule has 1 saturated heterocycles. The van der Waals surface area contributed by atoms with Crippen LogP contribution in [0.15, 0.2) is 18.3 Å². The minimum atomic E-state index is -4.37. The topological polar surface area (TPSA) is 36.4 Å². The molecule has 0 bridgehead atoms. The highest BCUT2D eigenvalue weighted by Gasteiger charge is 2.39. The zero-order valence-corrected chi connectivity index (χ0v) is 14.5. The Morgan fingerprint density at radius 2 is 1.80 bits per heavy atom. The van der Waals surface area contributed by atoms with E-state index in [1.807, 2.05) is 9.80 Å². The van der Waals surface area contributed by atoms with Gasteiger partial charge in [0.15, 0.2) is 0 Å². The molecule has 0 spiro atoms. The molecule has 7 heteroatoms. The molecular weight excluding hydrogens is 331 g/mol. The van der Waals surface area contributed by atoms with Crippen LogP contribution in [-0.4, -0.2) is 42.0 Å². The predicted molar refractivity (Wildman–Crippen MR) is 89.2 cm³/mol. The van der Waals surface area contributed by atoms with E-state index in [9.17, 15) is 18.0 Å². The van der Waals surface area contributed by atoms with E-state index in [1.54, 1.807) is 0 Å². The first kappa shape index (κ1) is 18.0. The molecule has 3 rings (SSSR count). The fourth-order valence-corrected chi connectivity index (χ4v) is 3.84. The number of pyridine rings is 1. The van der Waals surface area contributed by atoms with Gasteiger partial charge < -0.3 is 9.80 Å². The number of nitrogens with zero attached hydrogens (tertiary/aromatic N) is 3. The Balaban J connectivity index is 1.64. The molecule has 2 aliphatic rings. The van der Waals surface area contributed by atoms with Gasteiger partial charge in [-0.25, -0.2) is 4.98 Å². The maximum atomic E-state index is 12.8. The molecule has 0 unspecified atom stereocenters. The third kappa shape index (κ3) is 3.90. The fraction of sp³-hybridized carbons (Fsp3) is 0.667. The number of rotatable bonds is 2. The summed E-state index contributed by atoms with van der Waals surface area (Å²) in [6.07, 6.45) is 1.42. The van der Waals surface area contributed by atoms with E-state index in [0.29, 0.717) is 32.0 Å². The maximum absolute atomic E-state index is 12.8. The van der Waals surface area contributed by atoms with E-state index in [2.05, 4.69) is 11.9 Å². The lowest BCUT2D eigenvalue weighted by molar-refractivity contribution is -0.140. The van der Waals surface area contributed by atoms with Crippen LogP contribution in [0, 0.1) is 5.41 Å². The molecule has 1 aliphatic heterocycles. The summed E-state index contributed by atoms with van der Waals surface area (Å²) >= 11 is 0. The molecule has 138 valence electrons. The van der Waals surface area contributed by atoms with Crippen molar-refractivity contribution in [3.05, 3.63) is 23.9 Å². The van der Waals surface area contributed by atoms with E-state index in [4.69, 9.17) is 0 Å². The molecule has 2 heterocycles. The van der Waals surface area contributed by atoms with Crippen LogP contribution in [-0.2, 0) is 11.0 Å². The molecule has 4 nitrogen and oxygen atoms in total. The van der Waals surface area contributed by atoms with Crippen molar-refractivity contribution in [2.24, 2.45) is 5.41 Å². The van der Waals surface area contributed by atoms with Gasteiger partial charge in [-0.2, -0.15) is 13.2 Å². The zero-order chi connectivity index (χ0) is 18.1. The van der Waals surface area contributed by atoms with E-state index < -0.39 is 11.7 Å². The van der Waals surface area contributed by atoms with Gasteiger partial charge in [0, 0.05) is 37.8 Å². The second kappa shape index (κ2) is 6.84. The van der Waals surface area contributed by atoms with Gasteiger partial charge >= 0.3 is 6.18 Å². The number of alkyl halides is 3. The number of halogens is 3. The number of carbonyl (C=O) groups is 1. The zero-order valence-electron chi connectivity index (χ0n) is 14.5. The number of carbonyl (C=O) groups excluding carboxylic acids is 1. The van der Waals surface area contributed by atoms with Crippen LogP contribution in [0.3, 0.4) is 0 Å². The number of hydrogen-bond acceptors (Lipinski definition) is 3. The highest BCUT2D eigenvalue weighted by molar-refractivity contribution is 5.82. The van der Waals surface area contributed by atoms with Gasteiger partial charge in [-0.3, -0.25) is 4.79 Å². The highest BCUT2D eigenvalue weighted by Crippen LogP contribution is 2.39. The van der Waals surface area contributed by atoms with Crippen LogP contribution >= 0.6 is 0 Å². The number of hydrogen-bond donors (Lipinski definition) is 0. The summed E-state index contributed by atoms with van der Waals surface area (Å²) in [5, 5.41) is 0. The van der Waals surface area contributed by atoms with Gasteiger partial charge in [-0.1, -0.05) is 19.8 Å². The molecular formula is C18H24F3N3O. The third-order valence-electron chi connectivity index (χ3n) is 5.41. The monoisotopic (exact) mass is 355 g/mol. The average molecular weight is 355 g/mol. The summed E-state index contributed by atoms with van der Waals surface area (Å²) in [7, 11) is 0. The highest BCUT2D eigenvalue weighted by atomic mass is 19.4. The minimum absolute atomic E-state index is 0.229. The molecule has 0 atom stereocenters. The lowest BCUT2D eigenvalue weighted by Gasteiger charge is -2.31. The molecule has 1 aliphatic carbocycles. The SMILES string of the molecule is CC1(C(=O)N2CCCN(c3ccc(C(F)(F)F)cn3)CC2)CCCC1. The van der Waals surface area contributed by atoms with Crippen molar-refractivity contribution in [1.29, 1.82) is 0 Å². The van der Waals surface area contributed by atoms with Crippen LogP contribution in [0.4, 0.5) is 19.0 Å². The second-order valence-corrected chi connectivity index (χ2v) is 7.30. The lowest BCUT2D eigenvalue weighted by Crippen LogP contribution is -2.43. The van der Waals surface area contributed by atoms with Crippen molar-refractivity contribution in [2.45, 2.75) is 45.2 Å². The minimum Gasteiger partial charge on any atom is -0.355 e. The van der Waals surface area contributed by atoms with Crippen LogP contribution in [0.5, 0.6) is 0 Å².